The molecule has 1 heterocycles. The highest BCUT2D eigenvalue weighted by molar-refractivity contribution is 4.73. The van der Waals surface area contributed by atoms with Crippen molar-refractivity contribution < 1.29 is 0 Å². The van der Waals surface area contributed by atoms with Crippen LogP contribution >= 0.6 is 0 Å². The summed E-state index contributed by atoms with van der Waals surface area (Å²) in [7, 11) is 4.28. The lowest BCUT2D eigenvalue weighted by Crippen LogP contribution is -2.40. The molecule has 0 amide bonds. The fourth-order valence-electron chi connectivity index (χ4n) is 1.89. The zero-order chi connectivity index (χ0) is 10.2. The molecule has 84 valence electrons. The monoisotopic (exact) mass is 199 g/mol. The fraction of sp³-hybridized carbons (Fsp3) is 1.00. The van der Waals surface area contributed by atoms with E-state index in [1.54, 1.807) is 0 Å². The molecule has 0 bridgehead atoms. The van der Waals surface area contributed by atoms with E-state index in [0.717, 1.165) is 6.04 Å². The predicted molar refractivity (Wildman–Crippen MR) is 61.7 cm³/mol. The van der Waals surface area contributed by atoms with Crippen LogP contribution in [0.2, 0.25) is 0 Å². The third-order valence-corrected chi connectivity index (χ3v) is 2.80. The van der Waals surface area contributed by atoms with Gasteiger partial charge in [-0.2, -0.15) is 0 Å². The number of piperidine rings is 1. The van der Waals surface area contributed by atoms with Crippen molar-refractivity contribution in [2.75, 3.05) is 40.3 Å². The maximum absolute atomic E-state index is 3.64. The van der Waals surface area contributed by atoms with Gasteiger partial charge in [0.05, 0.1) is 0 Å². The smallest absolute Gasteiger partial charge is 0.00912 e. The molecule has 0 aliphatic carbocycles. The molecule has 1 rings (SSSR count). The van der Waals surface area contributed by atoms with E-state index in [1.165, 1.54) is 51.9 Å². The van der Waals surface area contributed by atoms with E-state index in [1.807, 2.05) is 0 Å². The highest BCUT2D eigenvalue weighted by Gasteiger charge is 2.10. The summed E-state index contributed by atoms with van der Waals surface area (Å²) in [6.45, 7) is 4.79. The molecule has 1 saturated heterocycles. The second-order valence-electron chi connectivity index (χ2n) is 4.49. The third kappa shape index (κ3) is 5.58. The molecule has 0 spiro atoms. The van der Waals surface area contributed by atoms with Gasteiger partial charge in [-0.3, -0.25) is 0 Å². The van der Waals surface area contributed by atoms with Gasteiger partial charge in [0.2, 0.25) is 0 Å². The molecule has 0 atom stereocenters. The quantitative estimate of drug-likeness (QED) is 0.616. The highest BCUT2D eigenvalue weighted by atomic mass is 15.0. The summed E-state index contributed by atoms with van der Waals surface area (Å²) >= 11 is 0. The van der Waals surface area contributed by atoms with Gasteiger partial charge < -0.3 is 15.5 Å². The number of rotatable bonds is 6. The Hall–Kier alpha value is -0.120. The van der Waals surface area contributed by atoms with E-state index in [4.69, 9.17) is 0 Å². The number of nitrogens with one attached hydrogen (secondary N) is 2. The van der Waals surface area contributed by atoms with Crippen molar-refractivity contribution in [2.45, 2.75) is 31.7 Å². The van der Waals surface area contributed by atoms with Gasteiger partial charge in [-0.15, -0.1) is 0 Å². The molecular formula is C11H25N3. The number of hydrogen-bond acceptors (Lipinski definition) is 3. The van der Waals surface area contributed by atoms with Crippen LogP contribution in [0.25, 0.3) is 0 Å². The molecule has 0 aromatic rings. The molecule has 3 nitrogen and oxygen atoms in total. The van der Waals surface area contributed by atoms with Crippen LogP contribution in [-0.4, -0.2) is 51.2 Å². The van der Waals surface area contributed by atoms with Gasteiger partial charge in [0.25, 0.3) is 0 Å². The summed E-state index contributed by atoms with van der Waals surface area (Å²) < 4.78 is 0. The Morgan fingerprint density at radius 3 is 2.57 bits per heavy atom. The van der Waals surface area contributed by atoms with Gasteiger partial charge in [-0.1, -0.05) is 0 Å². The molecule has 0 unspecified atom stereocenters. The zero-order valence-corrected chi connectivity index (χ0v) is 9.68. The first-order valence-corrected chi connectivity index (χ1v) is 5.88. The third-order valence-electron chi connectivity index (χ3n) is 2.80. The fourth-order valence-corrected chi connectivity index (χ4v) is 1.89. The number of nitrogens with zero attached hydrogens (tertiary/aromatic N) is 1. The molecule has 0 aromatic heterocycles. The van der Waals surface area contributed by atoms with Crippen LogP contribution in [0.15, 0.2) is 0 Å². The molecule has 14 heavy (non-hydrogen) atoms. The molecule has 1 aliphatic heterocycles. The average Bonchev–Trinajstić information content (AvgIpc) is 2.18. The van der Waals surface area contributed by atoms with Crippen LogP contribution in [-0.2, 0) is 0 Å². The molecule has 0 aromatic carbocycles. The Morgan fingerprint density at radius 1 is 1.21 bits per heavy atom. The van der Waals surface area contributed by atoms with Crippen LogP contribution in [0.4, 0.5) is 0 Å². The summed E-state index contributed by atoms with van der Waals surface area (Å²) in [5, 5.41) is 7.02. The molecule has 2 N–H and O–H groups in total. The summed E-state index contributed by atoms with van der Waals surface area (Å²) in [5.74, 6) is 0. The Balaban J connectivity index is 1.87. The van der Waals surface area contributed by atoms with E-state index in [2.05, 4.69) is 29.6 Å². The maximum Gasteiger partial charge on any atom is 0.00912 e. The van der Waals surface area contributed by atoms with Crippen LogP contribution in [0, 0.1) is 0 Å². The molecule has 1 aliphatic rings. The maximum atomic E-state index is 3.64. The first-order chi connectivity index (χ1) is 6.79. The Morgan fingerprint density at radius 2 is 1.93 bits per heavy atom. The van der Waals surface area contributed by atoms with Crippen molar-refractivity contribution in [1.29, 1.82) is 0 Å². The molecule has 0 saturated carbocycles. The standard InChI is InChI=1S/C11H25N3/c1-14(2)10-4-3-7-13-11-5-8-12-9-6-11/h11-13H,3-10H2,1-2H3. The summed E-state index contributed by atoms with van der Waals surface area (Å²) in [5.41, 5.74) is 0. The topological polar surface area (TPSA) is 27.3 Å². The summed E-state index contributed by atoms with van der Waals surface area (Å²) in [6.07, 6.45) is 5.22. The lowest BCUT2D eigenvalue weighted by atomic mass is 10.1. The second-order valence-corrected chi connectivity index (χ2v) is 4.49. The van der Waals surface area contributed by atoms with E-state index < -0.39 is 0 Å². The van der Waals surface area contributed by atoms with Crippen LogP contribution in [0.3, 0.4) is 0 Å². The summed E-state index contributed by atoms with van der Waals surface area (Å²) in [6, 6.07) is 0.774. The Labute approximate surface area is 88.2 Å². The highest BCUT2D eigenvalue weighted by Crippen LogP contribution is 2.01. The van der Waals surface area contributed by atoms with E-state index >= 15 is 0 Å². The van der Waals surface area contributed by atoms with Gasteiger partial charge in [-0.05, 0) is 66.0 Å². The van der Waals surface area contributed by atoms with Gasteiger partial charge in [-0.25, -0.2) is 0 Å². The van der Waals surface area contributed by atoms with Gasteiger partial charge in [0, 0.05) is 6.04 Å². The number of hydrogen-bond donors (Lipinski definition) is 2. The molecule has 3 heteroatoms. The average molecular weight is 199 g/mol. The molecular weight excluding hydrogens is 174 g/mol. The van der Waals surface area contributed by atoms with Crippen LogP contribution < -0.4 is 10.6 Å². The number of unbranched alkanes of at least 4 members (excludes halogenated alkanes) is 1. The van der Waals surface area contributed by atoms with Crippen molar-refractivity contribution in [2.24, 2.45) is 0 Å². The predicted octanol–water partition coefficient (Wildman–Crippen LogP) is 0.670. The normalized spacial score (nSPS) is 19.1. The van der Waals surface area contributed by atoms with Crippen molar-refractivity contribution in [3.8, 4) is 0 Å². The summed E-state index contributed by atoms with van der Waals surface area (Å²) in [4.78, 5) is 2.25. The minimum atomic E-state index is 0.774. The minimum Gasteiger partial charge on any atom is -0.317 e. The van der Waals surface area contributed by atoms with Crippen molar-refractivity contribution in [3.05, 3.63) is 0 Å². The van der Waals surface area contributed by atoms with Gasteiger partial charge >= 0.3 is 0 Å². The van der Waals surface area contributed by atoms with Gasteiger partial charge in [0.1, 0.15) is 0 Å². The largest absolute Gasteiger partial charge is 0.317 e. The second kappa shape index (κ2) is 7.21. The van der Waals surface area contributed by atoms with Crippen molar-refractivity contribution in [3.63, 3.8) is 0 Å². The van der Waals surface area contributed by atoms with Crippen LogP contribution in [0.1, 0.15) is 25.7 Å². The first kappa shape index (κ1) is 12.0. The van der Waals surface area contributed by atoms with Crippen LogP contribution in [0.5, 0.6) is 0 Å². The zero-order valence-electron chi connectivity index (χ0n) is 9.68. The lowest BCUT2D eigenvalue weighted by molar-refractivity contribution is 0.365. The van der Waals surface area contributed by atoms with Crippen molar-refractivity contribution >= 4 is 0 Å². The van der Waals surface area contributed by atoms with E-state index in [0.29, 0.717) is 0 Å². The van der Waals surface area contributed by atoms with Crippen molar-refractivity contribution in [1.82, 2.24) is 15.5 Å². The van der Waals surface area contributed by atoms with Gasteiger partial charge in [0.15, 0.2) is 0 Å². The Kier molecular flexibility index (Phi) is 6.15. The Bertz CT molecular complexity index is 130. The van der Waals surface area contributed by atoms with E-state index in [9.17, 15) is 0 Å². The minimum absolute atomic E-state index is 0.774. The first-order valence-electron chi connectivity index (χ1n) is 5.88. The molecule has 0 radical (unpaired) electrons. The SMILES string of the molecule is CN(C)CCCCNC1CCNCC1. The molecule has 1 fully saturated rings. The van der Waals surface area contributed by atoms with E-state index in [-0.39, 0.29) is 0 Å². The lowest BCUT2D eigenvalue weighted by Gasteiger charge is -2.23.